The molecule has 0 aliphatic heterocycles. The van der Waals surface area contributed by atoms with Crippen LogP contribution in [0.25, 0.3) is 11.2 Å². The molecule has 4 rings (SSSR count). The lowest BCUT2D eigenvalue weighted by atomic mass is 10.1. The zero-order chi connectivity index (χ0) is 22.6. The van der Waals surface area contributed by atoms with Gasteiger partial charge in [-0.05, 0) is 42.2 Å². The molecule has 4 aromatic rings. The van der Waals surface area contributed by atoms with Crippen molar-refractivity contribution in [2.75, 3.05) is 11.9 Å². The van der Waals surface area contributed by atoms with Crippen LogP contribution >= 0.6 is 0 Å². The monoisotopic (exact) mass is 439 g/mol. The number of benzene rings is 1. The molecule has 0 saturated heterocycles. The maximum absolute atomic E-state index is 12.9. The Morgan fingerprint density at radius 3 is 2.62 bits per heavy atom. The van der Waals surface area contributed by atoms with Gasteiger partial charge >= 0.3 is 6.18 Å². The van der Waals surface area contributed by atoms with Crippen molar-refractivity contribution < 1.29 is 17.9 Å². The summed E-state index contributed by atoms with van der Waals surface area (Å²) in [5, 5.41) is 3.43. The van der Waals surface area contributed by atoms with E-state index in [1.165, 1.54) is 0 Å². The molecule has 0 atom stereocenters. The van der Waals surface area contributed by atoms with Gasteiger partial charge in [-0.1, -0.05) is 19.1 Å². The van der Waals surface area contributed by atoms with Crippen LogP contribution in [0.15, 0.2) is 61.2 Å². The third-order valence-corrected chi connectivity index (χ3v) is 4.86. The number of nitrogens with one attached hydrogen (secondary N) is 1. The summed E-state index contributed by atoms with van der Waals surface area (Å²) < 4.78 is 44.3. The number of aryl methyl sites for hydroxylation is 1. The molecule has 0 unspecified atom stereocenters. The quantitative estimate of drug-likeness (QED) is 0.413. The van der Waals surface area contributed by atoms with E-state index in [1.807, 2.05) is 13.0 Å². The fourth-order valence-corrected chi connectivity index (χ4v) is 3.28. The van der Waals surface area contributed by atoms with Gasteiger partial charge in [-0.3, -0.25) is 0 Å². The highest BCUT2D eigenvalue weighted by molar-refractivity contribution is 5.86. The maximum Gasteiger partial charge on any atom is 0.416 e. The summed E-state index contributed by atoms with van der Waals surface area (Å²) >= 11 is 0. The average Bonchev–Trinajstić information content (AvgIpc) is 2.79. The van der Waals surface area contributed by atoms with Crippen molar-refractivity contribution in [3.05, 3.63) is 77.9 Å². The van der Waals surface area contributed by atoms with E-state index >= 15 is 0 Å². The van der Waals surface area contributed by atoms with Crippen molar-refractivity contribution in [3.8, 4) is 11.6 Å². The molecular weight excluding hydrogens is 419 g/mol. The number of fused-ring (bicyclic) bond motifs is 1. The van der Waals surface area contributed by atoms with E-state index in [0.717, 1.165) is 47.1 Å². The molecule has 6 nitrogen and oxygen atoms in total. The highest BCUT2D eigenvalue weighted by Gasteiger charge is 2.31. The van der Waals surface area contributed by atoms with Crippen LogP contribution in [-0.2, 0) is 19.0 Å². The maximum atomic E-state index is 12.9. The van der Waals surface area contributed by atoms with Gasteiger partial charge in [0.25, 0.3) is 0 Å². The molecule has 0 spiro atoms. The molecule has 0 fully saturated rings. The standard InChI is InChI=1S/C23H20F3N5O/c1-2-16-14-31-22-21(29-10-11-30-22)20(16)28-8-6-15-4-3-5-18(12-15)32-19-13-17(7-9-27-19)23(24,25)26/h3-5,7,9-14H,2,6,8H2,1H3,(H,28,30,31). The van der Waals surface area contributed by atoms with Crippen molar-refractivity contribution in [1.29, 1.82) is 0 Å². The largest absolute Gasteiger partial charge is 0.439 e. The number of hydrogen-bond acceptors (Lipinski definition) is 6. The predicted octanol–water partition coefficient (Wildman–Crippen LogP) is 5.45. The number of hydrogen-bond donors (Lipinski definition) is 1. The van der Waals surface area contributed by atoms with Gasteiger partial charge in [0.1, 0.15) is 11.3 Å². The van der Waals surface area contributed by atoms with Crippen LogP contribution in [0.1, 0.15) is 23.6 Å². The van der Waals surface area contributed by atoms with Gasteiger partial charge < -0.3 is 10.1 Å². The van der Waals surface area contributed by atoms with E-state index in [-0.39, 0.29) is 5.88 Å². The van der Waals surface area contributed by atoms with Crippen LogP contribution in [0.4, 0.5) is 18.9 Å². The first kappa shape index (κ1) is 21.5. The summed E-state index contributed by atoms with van der Waals surface area (Å²) in [6.45, 7) is 2.67. The van der Waals surface area contributed by atoms with E-state index in [2.05, 4.69) is 25.3 Å². The minimum absolute atomic E-state index is 0.107. The molecular formula is C23H20F3N5O. The molecule has 0 radical (unpaired) electrons. The Balaban J connectivity index is 1.45. The molecule has 32 heavy (non-hydrogen) atoms. The number of alkyl halides is 3. The van der Waals surface area contributed by atoms with E-state index in [9.17, 15) is 13.2 Å². The Labute approximate surface area is 182 Å². The Kier molecular flexibility index (Phi) is 6.16. The normalized spacial score (nSPS) is 11.5. The van der Waals surface area contributed by atoms with Gasteiger partial charge in [0.2, 0.25) is 5.88 Å². The Bertz CT molecular complexity index is 1230. The van der Waals surface area contributed by atoms with Gasteiger partial charge in [0.15, 0.2) is 5.65 Å². The fraction of sp³-hybridized carbons (Fsp3) is 0.217. The lowest BCUT2D eigenvalue weighted by molar-refractivity contribution is -0.137. The lowest BCUT2D eigenvalue weighted by Crippen LogP contribution is -2.09. The number of ether oxygens (including phenoxy) is 1. The van der Waals surface area contributed by atoms with Crippen LogP contribution < -0.4 is 10.1 Å². The molecule has 0 amide bonds. The molecule has 1 N–H and O–H groups in total. The van der Waals surface area contributed by atoms with Crippen molar-refractivity contribution in [2.24, 2.45) is 0 Å². The second kappa shape index (κ2) is 9.17. The number of aromatic nitrogens is 4. The number of anilines is 1. The van der Waals surface area contributed by atoms with Gasteiger partial charge in [-0.15, -0.1) is 0 Å². The van der Waals surface area contributed by atoms with Gasteiger partial charge in [-0.2, -0.15) is 13.2 Å². The van der Waals surface area contributed by atoms with E-state index in [0.29, 0.717) is 24.4 Å². The van der Waals surface area contributed by atoms with Crippen molar-refractivity contribution >= 4 is 16.9 Å². The SMILES string of the molecule is CCc1cnc2nccnc2c1NCCc1cccc(Oc2cc(C(F)(F)F)ccn2)c1. The first-order valence-electron chi connectivity index (χ1n) is 10.1. The molecule has 164 valence electrons. The van der Waals surface area contributed by atoms with Crippen LogP contribution in [0.5, 0.6) is 11.6 Å². The molecule has 1 aromatic carbocycles. The van der Waals surface area contributed by atoms with Crippen LogP contribution in [0.2, 0.25) is 0 Å². The minimum Gasteiger partial charge on any atom is -0.439 e. The third-order valence-electron chi connectivity index (χ3n) is 4.86. The van der Waals surface area contributed by atoms with Gasteiger partial charge in [0.05, 0.1) is 11.3 Å². The predicted molar refractivity (Wildman–Crippen MR) is 115 cm³/mol. The van der Waals surface area contributed by atoms with E-state index in [1.54, 1.807) is 36.8 Å². The molecule has 3 aromatic heterocycles. The smallest absolute Gasteiger partial charge is 0.416 e. The number of nitrogens with zero attached hydrogens (tertiary/aromatic N) is 4. The number of halogens is 3. The van der Waals surface area contributed by atoms with Crippen LogP contribution in [0.3, 0.4) is 0 Å². The minimum atomic E-state index is -4.45. The summed E-state index contributed by atoms with van der Waals surface area (Å²) in [6.07, 6.45) is 3.14. The second-order valence-electron chi connectivity index (χ2n) is 7.05. The third kappa shape index (κ3) is 4.93. The molecule has 0 aliphatic rings. The average molecular weight is 439 g/mol. The highest BCUT2D eigenvalue weighted by atomic mass is 19.4. The summed E-state index contributed by atoms with van der Waals surface area (Å²) in [6, 6.07) is 8.99. The first-order valence-corrected chi connectivity index (χ1v) is 10.1. The van der Waals surface area contributed by atoms with E-state index < -0.39 is 11.7 Å². The van der Waals surface area contributed by atoms with Crippen molar-refractivity contribution in [1.82, 2.24) is 19.9 Å². The zero-order valence-corrected chi connectivity index (χ0v) is 17.2. The van der Waals surface area contributed by atoms with Crippen molar-refractivity contribution in [2.45, 2.75) is 25.9 Å². The van der Waals surface area contributed by atoms with Crippen LogP contribution in [-0.4, -0.2) is 26.5 Å². The van der Waals surface area contributed by atoms with Gasteiger partial charge in [0, 0.05) is 37.4 Å². The summed E-state index contributed by atoms with van der Waals surface area (Å²) in [4.78, 5) is 16.9. The Hall–Kier alpha value is -3.75. The molecule has 0 bridgehead atoms. The topological polar surface area (TPSA) is 72.8 Å². The van der Waals surface area contributed by atoms with Crippen molar-refractivity contribution in [3.63, 3.8) is 0 Å². The van der Waals surface area contributed by atoms with Crippen LogP contribution in [0, 0.1) is 0 Å². The summed E-state index contributed by atoms with van der Waals surface area (Å²) in [5.74, 6) is 0.313. The number of pyridine rings is 2. The number of rotatable bonds is 7. The highest BCUT2D eigenvalue weighted by Crippen LogP contribution is 2.31. The molecule has 3 heterocycles. The van der Waals surface area contributed by atoms with Gasteiger partial charge in [-0.25, -0.2) is 19.9 Å². The molecule has 0 aliphatic carbocycles. The fourth-order valence-electron chi connectivity index (χ4n) is 3.28. The molecule has 9 heteroatoms. The zero-order valence-electron chi connectivity index (χ0n) is 17.2. The first-order chi connectivity index (χ1) is 15.4. The Morgan fingerprint density at radius 1 is 0.969 bits per heavy atom. The summed E-state index contributed by atoms with van der Waals surface area (Å²) in [5.41, 5.74) is 3.42. The summed E-state index contributed by atoms with van der Waals surface area (Å²) in [7, 11) is 0. The van der Waals surface area contributed by atoms with E-state index in [4.69, 9.17) is 4.74 Å². The second-order valence-corrected chi connectivity index (χ2v) is 7.05. The molecule has 0 saturated carbocycles. The Morgan fingerprint density at radius 2 is 1.81 bits per heavy atom. The lowest BCUT2D eigenvalue weighted by Gasteiger charge is -2.13.